The lowest BCUT2D eigenvalue weighted by molar-refractivity contribution is -0.125. The standard InChI is InChI=1S/C17H24N6O2.C8H10/c18-7-11(8-19)5-14(20)17(25)22-10-16(24)23-13-6-12-3-1-2-4-15(12)21-9-13;1-2-8-6-4-3-5-7-8/h1-4,6,9,11,14H,5,7-8,10,18-20H2,(H,22,25)(H,23,24);3-7H,2H2,1H3. The van der Waals surface area contributed by atoms with Crippen LogP contribution in [-0.2, 0) is 16.0 Å². The molecule has 0 radical (unpaired) electrons. The summed E-state index contributed by atoms with van der Waals surface area (Å²) in [6, 6.07) is 19.1. The molecule has 176 valence electrons. The van der Waals surface area contributed by atoms with Gasteiger partial charge in [0.15, 0.2) is 0 Å². The Kier molecular flexibility index (Phi) is 11.0. The number of hydrogen-bond acceptors (Lipinski definition) is 6. The fourth-order valence-corrected chi connectivity index (χ4v) is 3.11. The van der Waals surface area contributed by atoms with Crippen molar-refractivity contribution in [2.45, 2.75) is 25.8 Å². The molecule has 0 aliphatic carbocycles. The number of aromatic nitrogens is 1. The molecule has 0 saturated heterocycles. The normalized spacial score (nSPS) is 11.4. The van der Waals surface area contributed by atoms with Gasteiger partial charge in [0.1, 0.15) is 0 Å². The van der Waals surface area contributed by atoms with Gasteiger partial charge in [-0.2, -0.15) is 0 Å². The second-order valence-electron chi connectivity index (χ2n) is 7.70. The average Bonchev–Trinajstić information content (AvgIpc) is 2.86. The van der Waals surface area contributed by atoms with Gasteiger partial charge in [0.25, 0.3) is 0 Å². The van der Waals surface area contributed by atoms with Crippen molar-refractivity contribution in [1.82, 2.24) is 10.3 Å². The van der Waals surface area contributed by atoms with E-state index in [4.69, 9.17) is 17.2 Å². The molecule has 0 aliphatic heterocycles. The minimum absolute atomic E-state index is 0.0155. The number of carbonyl (C=O) groups excluding carboxylic acids is 2. The first-order chi connectivity index (χ1) is 16.0. The van der Waals surface area contributed by atoms with E-state index in [1.165, 1.54) is 5.56 Å². The van der Waals surface area contributed by atoms with E-state index in [1.807, 2.05) is 36.4 Å². The third-order valence-corrected chi connectivity index (χ3v) is 5.14. The maximum atomic E-state index is 12.0. The van der Waals surface area contributed by atoms with Crippen LogP contribution in [0.1, 0.15) is 18.9 Å². The molecule has 0 bridgehead atoms. The molecule has 0 spiro atoms. The highest BCUT2D eigenvalue weighted by Crippen LogP contribution is 2.15. The number of nitrogens with zero attached hydrogens (tertiary/aromatic N) is 1. The first-order valence-electron chi connectivity index (χ1n) is 11.1. The van der Waals surface area contributed by atoms with Gasteiger partial charge in [0, 0.05) is 5.39 Å². The second kappa shape index (κ2) is 13.9. The quantitative estimate of drug-likeness (QED) is 0.335. The van der Waals surface area contributed by atoms with Crippen molar-refractivity contribution in [3.05, 3.63) is 72.4 Å². The molecule has 0 saturated carbocycles. The molecule has 1 unspecified atom stereocenters. The topological polar surface area (TPSA) is 149 Å². The molecule has 3 rings (SSSR count). The van der Waals surface area contributed by atoms with Crippen molar-refractivity contribution in [3.8, 4) is 0 Å². The van der Waals surface area contributed by atoms with Gasteiger partial charge in [-0.25, -0.2) is 0 Å². The Bertz CT molecular complexity index is 1010. The van der Waals surface area contributed by atoms with Crippen LogP contribution >= 0.6 is 0 Å². The fourth-order valence-electron chi connectivity index (χ4n) is 3.11. The molecule has 8 N–H and O–H groups in total. The third-order valence-electron chi connectivity index (χ3n) is 5.14. The molecule has 3 aromatic rings. The Hall–Kier alpha value is -3.33. The lowest BCUT2D eigenvalue weighted by Gasteiger charge is -2.17. The van der Waals surface area contributed by atoms with E-state index < -0.39 is 11.9 Å². The smallest absolute Gasteiger partial charge is 0.243 e. The molecular weight excluding hydrogens is 416 g/mol. The number of nitrogens with two attached hydrogens (primary N) is 3. The molecular formula is C25H34N6O2. The Morgan fingerprint density at radius 1 is 1.00 bits per heavy atom. The summed E-state index contributed by atoms with van der Waals surface area (Å²) in [6.45, 7) is 2.73. The van der Waals surface area contributed by atoms with Crippen LogP contribution in [0.25, 0.3) is 10.9 Å². The first kappa shape index (κ1) is 25.9. The van der Waals surface area contributed by atoms with Crippen molar-refractivity contribution in [3.63, 3.8) is 0 Å². The summed E-state index contributed by atoms with van der Waals surface area (Å²) in [7, 11) is 0. The van der Waals surface area contributed by atoms with E-state index in [1.54, 1.807) is 6.20 Å². The van der Waals surface area contributed by atoms with Crippen LogP contribution in [0, 0.1) is 5.92 Å². The number of amides is 2. The summed E-state index contributed by atoms with van der Waals surface area (Å²) in [5.41, 5.74) is 19.7. The van der Waals surface area contributed by atoms with Crippen molar-refractivity contribution in [1.29, 1.82) is 0 Å². The zero-order valence-electron chi connectivity index (χ0n) is 19.0. The van der Waals surface area contributed by atoms with E-state index in [-0.39, 0.29) is 18.4 Å². The lowest BCUT2D eigenvalue weighted by Crippen LogP contribution is -2.45. The van der Waals surface area contributed by atoms with E-state index in [0.29, 0.717) is 25.2 Å². The number of rotatable bonds is 9. The molecule has 0 fully saturated rings. The number of anilines is 1. The number of pyridine rings is 1. The highest BCUT2D eigenvalue weighted by Gasteiger charge is 2.18. The molecule has 8 nitrogen and oxygen atoms in total. The molecule has 2 aromatic carbocycles. The molecule has 1 aromatic heterocycles. The van der Waals surface area contributed by atoms with Gasteiger partial charge in [0.2, 0.25) is 11.8 Å². The van der Waals surface area contributed by atoms with Crippen molar-refractivity contribution in [2.24, 2.45) is 23.1 Å². The summed E-state index contributed by atoms with van der Waals surface area (Å²) in [5, 5.41) is 6.13. The summed E-state index contributed by atoms with van der Waals surface area (Å²) < 4.78 is 0. The minimum atomic E-state index is -0.743. The molecule has 2 amide bonds. The van der Waals surface area contributed by atoms with Crippen molar-refractivity contribution >= 4 is 28.4 Å². The van der Waals surface area contributed by atoms with Gasteiger partial charge in [-0.3, -0.25) is 14.6 Å². The third kappa shape index (κ3) is 8.97. The Balaban J connectivity index is 0.000000405. The summed E-state index contributed by atoms with van der Waals surface area (Å²) in [5.74, 6) is -0.774. The van der Waals surface area contributed by atoms with Gasteiger partial charge in [-0.05, 0) is 49.5 Å². The Labute approximate surface area is 194 Å². The lowest BCUT2D eigenvalue weighted by atomic mass is 10.0. The van der Waals surface area contributed by atoms with Gasteiger partial charge in [-0.1, -0.05) is 55.5 Å². The largest absolute Gasteiger partial charge is 0.346 e. The van der Waals surface area contributed by atoms with Crippen LogP contribution in [0.4, 0.5) is 5.69 Å². The van der Waals surface area contributed by atoms with E-state index in [9.17, 15) is 9.59 Å². The van der Waals surface area contributed by atoms with E-state index in [2.05, 4.69) is 46.8 Å². The van der Waals surface area contributed by atoms with Crippen LogP contribution in [0.15, 0.2) is 66.9 Å². The predicted molar refractivity (Wildman–Crippen MR) is 133 cm³/mol. The minimum Gasteiger partial charge on any atom is -0.346 e. The van der Waals surface area contributed by atoms with E-state index in [0.717, 1.165) is 17.3 Å². The van der Waals surface area contributed by atoms with Crippen LogP contribution in [0.5, 0.6) is 0 Å². The van der Waals surface area contributed by atoms with Crippen LogP contribution in [0.2, 0.25) is 0 Å². The molecule has 8 heteroatoms. The fraction of sp³-hybridized carbons (Fsp3) is 0.320. The zero-order valence-corrected chi connectivity index (χ0v) is 19.0. The number of hydrogen-bond donors (Lipinski definition) is 5. The molecule has 1 atom stereocenters. The Morgan fingerprint density at radius 2 is 1.67 bits per heavy atom. The Morgan fingerprint density at radius 3 is 2.30 bits per heavy atom. The van der Waals surface area contributed by atoms with Crippen LogP contribution in [-0.4, -0.2) is 42.5 Å². The average molecular weight is 451 g/mol. The van der Waals surface area contributed by atoms with Gasteiger partial charge >= 0.3 is 0 Å². The second-order valence-corrected chi connectivity index (χ2v) is 7.70. The number of benzene rings is 2. The van der Waals surface area contributed by atoms with Gasteiger partial charge < -0.3 is 27.8 Å². The summed E-state index contributed by atoms with van der Waals surface area (Å²) in [6.07, 6.45) is 3.09. The highest BCUT2D eigenvalue weighted by atomic mass is 16.2. The molecule has 33 heavy (non-hydrogen) atoms. The maximum absolute atomic E-state index is 12.0. The van der Waals surface area contributed by atoms with Gasteiger partial charge in [0.05, 0.1) is 30.0 Å². The van der Waals surface area contributed by atoms with Gasteiger partial charge in [-0.15, -0.1) is 0 Å². The zero-order chi connectivity index (χ0) is 24.1. The van der Waals surface area contributed by atoms with Crippen LogP contribution in [0.3, 0.4) is 0 Å². The number of nitrogens with one attached hydrogen (secondary N) is 2. The number of aryl methyl sites for hydroxylation is 1. The maximum Gasteiger partial charge on any atom is 0.243 e. The highest BCUT2D eigenvalue weighted by molar-refractivity contribution is 5.96. The molecule has 1 heterocycles. The number of fused-ring (bicyclic) bond motifs is 1. The van der Waals surface area contributed by atoms with Crippen molar-refractivity contribution < 1.29 is 9.59 Å². The first-order valence-corrected chi connectivity index (χ1v) is 11.1. The van der Waals surface area contributed by atoms with E-state index >= 15 is 0 Å². The number of para-hydroxylation sites is 1. The SMILES string of the molecule is CCc1ccccc1.NCC(CN)CC(N)C(=O)NCC(=O)Nc1cnc2ccccc2c1. The monoisotopic (exact) mass is 450 g/mol. The number of carbonyl (C=O) groups is 2. The van der Waals surface area contributed by atoms with Crippen LogP contribution < -0.4 is 27.8 Å². The predicted octanol–water partition coefficient (Wildman–Crippen LogP) is 1.79. The summed E-state index contributed by atoms with van der Waals surface area (Å²) >= 11 is 0. The summed E-state index contributed by atoms with van der Waals surface area (Å²) in [4.78, 5) is 28.2. The molecule has 0 aliphatic rings. The van der Waals surface area contributed by atoms with Crippen molar-refractivity contribution in [2.75, 3.05) is 25.0 Å².